The van der Waals surface area contributed by atoms with Gasteiger partial charge in [0.1, 0.15) is 5.60 Å². The molecule has 11 heavy (non-hydrogen) atoms. The highest BCUT2D eigenvalue weighted by Gasteiger charge is 2.60. The maximum atomic E-state index is 5.61. The van der Waals surface area contributed by atoms with Gasteiger partial charge >= 0.3 is 0 Å². The Bertz CT molecular complexity index is 210. The van der Waals surface area contributed by atoms with E-state index in [2.05, 4.69) is 27.4 Å². The summed E-state index contributed by atoms with van der Waals surface area (Å²) in [6.45, 7) is 10.8. The van der Waals surface area contributed by atoms with Gasteiger partial charge in [-0.1, -0.05) is 20.4 Å². The van der Waals surface area contributed by atoms with Crippen LogP contribution in [0.5, 0.6) is 0 Å². The molecule has 1 heterocycles. The predicted octanol–water partition coefficient (Wildman–Crippen LogP) is 2.52. The lowest BCUT2D eigenvalue weighted by Crippen LogP contribution is -2.31. The molecule has 0 bridgehead atoms. The van der Waals surface area contributed by atoms with Crippen molar-refractivity contribution in [2.75, 3.05) is 0 Å². The van der Waals surface area contributed by atoms with Crippen LogP contribution in [0.4, 0.5) is 0 Å². The lowest BCUT2D eigenvalue weighted by atomic mass is 9.69. The second-order valence-corrected chi connectivity index (χ2v) is 4.61. The molecule has 0 aromatic rings. The first-order valence-corrected chi connectivity index (χ1v) is 4.34. The van der Waals surface area contributed by atoms with E-state index in [-0.39, 0.29) is 5.60 Å². The molecule has 2 atom stereocenters. The first-order chi connectivity index (χ1) is 4.97. The van der Waals surface area contributed by atoms with E-state index in [1.165, 1.54) is 18.4 Å². The second kappa shape index (κ2) is 1.71. The van der Waals surface area contributed by atoms with E-state index in [0.29, 0.717) is 11.5 Å². The lowest BCUT2D eigenvalue weighted by molar-refractivity contribution is 0.310. The van der Waals surface area contributed by atoms with Crippen LogP contribution in [0.1, 0.15) is 33.6 Å². The van der Waals surface area contributed by atoms with Crippen molar-refractivity contribution in [1.29, 1.82) is 0 Å². The monoisotopic (exact) mass is 152 g/mol. The molecule has 2 aliphatic rings. The summed E-state index contributed by atoms with van der Waals surface area (Å²) in [5.41, 5.74) is 1.63. The van der Waals surface area contributed by atoms with E-state index in [1.54, 1.807) is 0 Å². The van der Waals surface area contributed by atoms with Crippen LogP contribution < -0.4 is 0 Å². The zero-order chi connectivity index (χ0) is 8.28. The third kappa shape index (κ3) is 0.807. The third-order valence-corrected chi connectivity index (χ3v) is 3.39. The van der Waals surface area contributed by atoms with Crippen LogP contribution in [0, 0.1) is 5.41 Å². The van der Waals surface area contributed by atoms with Gasteiger partial charge in [0.25, 0.3) is 0 Å². The van der Waals surface area contributed by atoms with Gasteiger partial charge in [-0.25, -0.2) is 0 Å². The molecule has 0 aromatic carbocycles. The summed E-state index contributed by atoms with van der Waals surface area (Å²) in [6, 6.07) is 0. The Morgan fingerprint density at radius 3 is 2.64 bits per heavy atom. The maximum absolute atomic E-state index is 5.61. The smallest absolute Gasteiger partial charge is 0.113 e. The largest absolute Gasteiger partial charge is 0.362 e. The number of rotatable bonds is 0. The standard InChI is InChI=1S/C10H16O/c1-7-9(2,3)6-5-8-10(7,4)11-8/h8H,1,5-6H2,2-4H3/t8-,10+/m0/s1. The SMILES string of the molecule is C=C1C(C)(C)CC[C@@H]2O[C@]12C. The van der Waals surface area contributed by atoms with E-state index in [9.17, 15) is 0 Å². The number of ether oxygens (including phenoxy) is 1. The summed E-state index contributed by atoms with van der Waals surface area (Å²) in [7, 11) is 0. The minimum atomic E-state index is 0.0434. The summed E-state index contributed by atoms with van der Waals surface area (Å²) >= 11 is 0. The van der Waals surface area contributed by atoms with Crippen LogP contribution >= 0.6 is 0 Å². The normalized spacial score (nSPS) is 46.8. The molecule has 1 nitrogen and oxygen atoms in total. The molecule has 1 aliphatic heterocycles. The Hall–Kier alpha value is -0.300. The molecule has 0 radical (unpaired) electrons. The lowest BCUT2D eigenvalue weighted by Gasteiger charge is -2.33. The van der Waals surface area contributed by atoms with Gasteiger partial charge in [0.05, 0.1) is 6.10 Å². The predicted molar refractivity (Wildman–Crippen MR) is 45.4 cm³/mol. The van der Waals surface area contributed by atoms with Gasteiger partial charge < -0.3 is 4.74 Å². The van der Waals surface area contributed by atoms with E-state index in [4.69, 9.17) is 4.74 Å². The number of epoxide rings is 1. The molecular weight excluding hydrogens is 136 g/mol. The molecule has 0 N–H and O–H groups in total. The topological polar surface area (TPSA) is 12.5 Å². The summed E-state index contributed by atoms with van der Waals surface area (Å²) in [5.74, 6) is 0. The molecule has 0 aromatic heterocycles. The molecule has 0 spiro atoms. The molecule has 62 valence electrons. The van der Waals surface area contributed by atoms with Crippen molar-refractivity contribution in [2.24, 2.45) is 5.41 Å². The van der Waals surface area contributed by atoms with Gasteiger partial charge in [0.2, 0.25) is 0 Å². The van der Waals surface area contributed by atoms with Crippen LogP contribution in [-0.2, 0) is 4.74 Å². The average Bonchev–Trinajstić information content (AvgIpc) is 2.57. The molecule has 2 rings (SSSR count). The van der Waals surface area contributed by atoms with Gasteiger partial charge in [0, 0.05) is 0 Å². The van der Waals surface area contributed by atoms with Crippen molar-refractivity contribution in [1.82, 2.24) is 0 Å². The fourth-order valence-electron chi connectivity index (χ4n) is 2.18. The third-order valence-electron chi connectivity index (χ3n) is 3.39. The van der Waals surface area contributed by atoms with Crippen molar-refractivity contribution in [3.05, 3.63) is 12.2 Å². The average molecular weight is 152 g/mol. The first kappa shape index (κ1) is 7.35. The molecular formula is C10H16O. The number of fused-ring (bicyclic) bond motifs is 1. The van der Waals surface area contributed by atoms with E-state index in [1.807, 2.05) is 0 Å². The molecule has 2 fully saturated rings. The van der Waals surface area contributed by atoms with Gasteiger partial charge in [0.15, 0.2) is 0 Å². The first-order valence-electron chi connectivity index (χ1n) is 4.34. The van der Waals surface area contributed by atoms with Crippen molar-refractivity contribution in [2.45, 2.75) is 45.3 Å². The molecule has 1 aliphatic carbocycles. The van der Waals surface area contributed by atoms with Crippen LogP contribution in [0.15, 0.2) is 12.2 Å². The van der Waals surface area contributed by atoms with Crippen LogP contribution in [0.3, 0.4) is 0 Å². The summed E-state index contributed by atoms with van der Waals surface area (Å²) in [5, 5.41) is 0. The molecule has 1 heteroatoms. The van der Waals surface area contributed by atoms with Gasteiger partial charge in [-0.2, -0.15) is 0 Å². The Kier molecular flexibility index (Phi) is 1.15. The summed E-state index contributed by atoms with van der Waals surface area (Å²) < 4.78 is 5.61. The van der Waals surface area contributed by atoms with E-state index in [0.717, 1.165) is 0 Å². The maximum Gasteiger partial charge on any atom is 0.113 e. The Morgan fingerprint density at radius 2 is 2.09 bits per heavy atom. The molecule has 0 unspecified atom stereocenters. The van der Waals surface area contributed by atoms with Crippen molar-refractivity contribution in [3.8, 4) is 0 Å². The highest BCUT2D eigenvalue weighted by Crippen LogP contribution is 2.56. The van der Waals surface area contributed by atoms with Gasteiger partial charge in [-0.05, 0) is 30.8 Å². The quantitative estimate of drug-likeness (QED) is 0.384. The van der Waals surface area contributed by atoms with Crippen molar-refractivity contribution in [3.63, 3.8) is 0 Å². The summed E-state index contributed by atoms with van der Waals surface area (Å²) in [6.07, 6.45) is 2.93. The fraction of sp³-hybridized carbons (Fsp3) is 0.800. The van der Waals surface area contributed by atoms with Gasteiger partial charge in [-0.15, -0.1) is 0 Å². The van der Waals surface area contributed by atoms with Crippen LogP contribution in [0.25, 0.3) is 0 Å². The Labute approximate surface area is 68.4 Å². The van der Waals surface area contributed by atoms with E-state index >= 15 is 0 Å². The minimum Gasteiger partial charge on any atom is -0.362 e. The van der Waals surface area contributed by atoms with Gasteiger partial charge in [-0.3, -0.25) is 0 Å². The highest BCUT2D eigenvalue weighted by atomic mass is 16.6. The second-order valence-electron chi connectivity index (χ2n) is 4.61. The van der Waals surface area contributed by atoms with Crippen molar-refractivity contribution >= 4 is 0 Å². The number of hydrogen-bond donors (Lipinski definition) is 0. The fourth-order valence-corrected chi connectivity index (χ4v) is 2.18. The Balaban J connectivity index is 2.28. The molecule has 1 saturated heterocycles. The van der Waals surface area contributed by atoms with Crippen molar-refractivity contribution < 1.29 is 4.74 Å². The summed E-state index contributed by atoms with van der Waals surface area (Å²) in [4.78, 5) is 0. The Morgan fingerprint density at radius 1 is 1.45 bits per heavy atom. The zero-order valence-corrected chi connectivity index (χ0v) is 7.61. The van der Waals surface area contributed by atoms with Crippen LogP contribution in [-0.4, -0.2) is 11.7 Å². The van der Waals surface area contributed by atoms with E-state index < -0.39 is 0 Å². The molecule has 1 saturated carbocycles. The highest BCUT2D eigenvalue weighted by molar-refractivity contribution is 5.31. The van der Waals surface area contributed by atoms with Crippen LogP contribution in [0.2, 0.25) is 0 Å². The minimum absolute atomic E-state index is 0.0434. The zero-order valence-electron chi connectivity index (χ0n) is 7.61. The number of hydrogen-bond acceptors (Lipinski definition) is 1. The molecule has 0 amide bonds.